The number of hydrogen-bond donors (Lipinski definition) is 3. The van der Waals surface area contributed by atoms with E-state index >= 15 is 0 Å². The summed E-state index contributed by atoms with van der Waals surface area (Å²) < 4.78 is 19.9. The molecule has 172 valence electrons. The Morgan fingerprint density at radius 1 is 1.18 bits per heavy atom. The van der Waals surface area contributed by atoms with Crippen molar-refractivity contribution < 1.29 is 13.9 Å². The Balaban J connectivity index is 1.41. The number of carbonyl (C=O) groups is 1. The number of anilines is 3. The molecular formula is C23H25FN6O3. The van der Waals surface area contributed by atoms with Crippen molar-refractivity contribution in [2.24, 2.45) is 0 Å². The molecule has 1 amide bonds. The molecule has 0 spiro atoms. The molecular weight excluding hydrogens is 427 g/mol. The predicted octanol–water partition coefficient (Wildman–Crippen LogP) is 2.88. The molecule has 4 rings (SSSR count). The molecule has 3 heterocycles. The lowest BCUT2D eigenvalue weighted by molar-refractivity contribution is 0.214. The standard InChI is InChI=1S/C23H25FN6O3/c1-29-10-12-30(13-11-29)20-6-5-16(14-18(20)24)28-23(32)33-21-19(7-9-26-22(21)31)27-15-17-4-2-3-8-25-17/h2-9,14H,10-13,15H2,1H3,(H,28,32)(H2,26,27,31). The van der Waals surface area contributed by atoms with E-state index in [-0.39, 0.29) is 11.4 Å². The summed E-state index contributed by atoms with van der Waals surface area (Å²) >= 11 is 0. The third kappa shape index (κ3) is 5.66. The highest BCUT2D eigenvalue weighted by Gasteiger charge is 2.19. The van der Waals surface area contributed by atoms with Gasteiger partial charge in [-0.1, -0.05) is 6.07 Å². The van der Waals surface area contributed by atoms with Gasteiger partial charge in [0.15, 0.2) is 0 Å². The molecule has 0 aliphatic carbocycles. The third-order valence-corrected chi connectivity index (χ3v) is 5.33. The molecule has 10 heteroatoms. The smallest absolute Gasteiger partial charge is 0.402 e. The molecule has 2 aromatic heterocycles. The van der Waals surface area contributed by atoms with Crippen LogP contribution in [0, 0.1) is 5.82 Å². The average molecular weight is 452 g/mol. The first kappa shape index (κ1) is 22.3. The number of carbonyl (C=O) groups excluding carboxylic acids is 1. The lowest BCUT2D eigenvalue weighted by Gasteiger charge is -2.34. The number of ether oxygens (including phenoxy) is 1. The Kier molecular flexibility index (Phi) is 6.84. The number of nitrogens with one attached hydrogen (secondary N) is 3. The zero-order chi connectivity index (χ0) is 23.2. The molecule has 0 saturated carbocycles. The number of H-pyrrole nitrogens is 1. The number of aromatic amines is 1. The van der Waals surface area contributed by atoms with Crippen molar-refractivity contribution in [3.05, 3.63) is 76.7 Å². The third-order valence-electron chi connectivity index (χ3n) is 5.33. The summed E-state index contributed by atoms with van der Waals surface area (Å²) in [7, 11) is 2.03. The number of benzene rings is 1. The minimum absolute atomic E-state index is 0.194. The van der Waals surface area contributed by atoms with Gasteiger partial charge in [0.05, 0.1) is 23.6 Å². The van der Waals surface area contributed by atoms with Crippen LogP contribution in [0.3, 0.4) is 0 Å². The number of nitrogens with zero attached hydrogens (tertiary/aromatic N) is 3. The van der Waals surface area contributed by atoms with Gasteiger partial charge in [-0.25, -0.2) is 9.18 Å². The van der Waals surface area contributed by atoms with Crippen LogP contribution in [0.15, 0.2) is 59.7 Å². The second kappa shape index (κ2) is 10.1. The van der Waals surface area contributed by atoms with E-state index in [1.54, 1.807) is 30.5 Å². The fraction of sp³-hybridized carbons (Fsp3) is 0.261. The predicted molar refractivity (Wildman–Crippen MR) is 124 cm³/mol. The number of hydrogen-bond acceptors (Lipinski definition) is 7. The first-order valence-corrected chi connectivity index (χ1v) is 10.6. The molecule has 1 fully saturated rings. The first-order valence-electron chi connectivity index (χ1n) is 10.6. The Hall–Kier alpha value is -3.92. The van der Waals surface area contributed by atoms with Crippen LogP contribution in [0.25, 0.3) is 0 Å². The zero-order valence-electron chi connectivity index (χ0n) is 18.2. The van der Waals surface area contributed by atoms with E-state index in [4.69, 9.17) is 4.74 Å². The van der Waals surface area contributed by atoms with E-state index in [2.05, 4.69) is 25.5 Å². The summed E-state index contributed by atoms with van der Waals surface area (Å²) in [5.74, 6) is -0.631. The van der Waals surface area contributed by atoms with Crippen molar-refractivity contribution in [2.75, 3.05) is 48.8 Å². The molecule has 3 N–H and O–H groups in total. The number of aromatic nitrogens is 2. The zero-order valence-corrected chi connectivity index (χ0v) is 18.2. The van der Waals surface area contributed by atoms with Gasteiger partial charge in [-0.05, 0) is 43.4 Å². The lowest BCUT2D eigenvalue weighted by Crippen LogP contribution is -2.44. The van der Waals surface area contributed by atoms with Crippen molar-refractivity contribution in [3.8, 4) is 5.75 Å². The SMILES string of the molecule is CN1CCN(c2ccc(NC(=O)Oc3c(NCc4ccccn4)cc[nH]c3=O)cc2F)CC1. The Bertz CT molecular complexity index is 1160. The Morgan fingerprint density at radius 3 is 2.73 bits per heavy atom. The Morgan fingerprint density at radius 2 is 2.00 bits per heavy atom. The van der Waals surface area contributed by atoms with Crippen LogP contribution in [0.5, 0.6) is 5.75 Å². The number of halogens is 1. The largest absolute Gasteiger partial charge is 0.417 e. The second-order valence-electron chi connectivity index (χ2n) is 7.70. The van der Waals surface area contributed by atoms with Crippen LogP contribution < -0.4 is 25.8 Å². The van der Waals surface area contributed by atoms with Crippen LogP contribution in [0.1, 0.15) is 5.69 Å². The molecule has 3 aromatic rings. The van der Waals surface area contributed by atoms with E-state index in [9.17, 15) is 14.0 Å². The fourth-order valence-corrected chi connectivity index (χ4v) is 3.52. The van der Waals surface area contributed by atoms with Crippen molar-refractivity contribution in [2.45, 2.75) is 6.54 Å². The number of amides is 1. The van der Waals surface area contributed by atoms with Gasteiger partial charge in [-0.3, -0.25) is 15.1 Å². The van der Waals surface area contributed by atoms with E-state index in [0.29, 0.717) is 17.9 Å². The number of pyridine rings is 2. The monoisotopic (exact) mass is 452 g/mol. The molecule has 1 aliphatic rings. The quantitative estimate of drug-likeness (QED) is 0.529. The molecule has 1 aromatic carbocycles. The van der Waals surface area contributed by atoms with Crippen LogP contribution in [-0.2, 0) is 6.54 Å². The van der Waals surface area contributed by atoms with Crippen LogP contribution in [-0.4, -0.2) is 54.2 Å². The van der Waals surface area contributed by atoms with Crippen molar-refractivity contribution >= 4 is 23.2 Å². The van der Waals surface area contributed by atoms with Gasteiger partial charge in [0.1, 0.15) is 5.82 Å². The summed E-state index contributed by atoms with van der Waals surface area (Å²) in [5, 5.41) is 5.52. The maximum atomic E-state index is 14.7. The van der Waals surface area contributed by atoms with E-state index in [1.165, 1.54) is 12.3 Å². The van der Waals surface area contributed by atoms with Crippen molar-refractivity contribution in [1.82, 2.24) is 14.9 Å². The minimum Gasteiger partial charge on any atom is -0.402 e. The van der Waals surface area contributed by atoms with Crippen molar-refractivity contribution in [3.63, 3.8) is 0 Å². The Labute approximate surface area is 190 Å². The lowest BCUT2D eigenvalue weighted by atomic mass is 10.2. The topological polar surface area (TPSA) is 103 Å². The maximum Gasteiger partial charge on any atom is 0.417 e. The fourth-order valence-electron chi connectivity index (χ4n) is 3.52. The van der Waals surface area contributed by atoms with Gasteiger partial charge in [0, 0.05) is 44.3 Å². The van der Waals surface area contributed by atoms with Gasteiger partial charge in [0.2, 0.25) is 5.75 Å². The van der Waals surface area contributed by atoms with E-state index < -0.39 is 17.5 Å². The van der Waals surface area contributed by atoms with E-state index in [0.717, 1.165) is 31.9 Å². The number of piperazine rings is 1. The highest BCUT2D eigenvalue weighted by molar-refractivity contribution is 5.87. The summed E-state index contributed by atoms with van der Waals surface area (Å²) in [4.78, 5) is 35.5. The molecule has 0 unspecified atom stereocenters. The summed E-state index contributed by atoms with van der Waals surface area (Å²) in [6.45, 7) is 3.50. The molecule has 1 aliphatic heterocycles. The molecule has 9 nitrogen and oxygen atoms in total. The van der Waals surface area contributed by atoms with Crippen LogP contribution in [0.2, 0.25) is 0 Å². The summed E-state index contributed by atoms with van der Waals surface area (Å²) in [5.41, 5.74) is 1.22. The molecule has 33 heavy (non-hydrogen) atoms. The van der Waals surface area contributed by atoms with Gasteiger partial charge in [-0.2, -0.15) is 0 Å². The van der Waals surface area contributed by atoms with Crippen LogP contribution in [0.4, 0.5) is 26.2 Å². The van der Waals surface area contributed by atoms with Gasteiger partial charge in [0.25, 0.3) is 5.56 Å². The van der Waals surface area contributed by atoms with E-state index in [1.807, 2.05) is 24.1 Å². The number of likely N-dealkylation sites (N-methyl/N-ethyl adjacent to an activating group) is 1. The molecule has 0 atom stereocenters. The highest BCUT2D eigenvalue weighted by atomic mass is 19.1. The summed E-state index contributed by atoms with van der Waals surface area (Å²) in [6.07, 6.45) is 2.20. The minimum atomic E-state index is -0.903. The molecule has 0 radical (unpaired) electrons. The molecule has 1 saturated heterocycles. The van der Waals surface area contributed by atoms with Crippen molar-refractivity contribution in [1.29, 1.82) is 0 Å². The normalized spacial score (nSPS) is 14.1. The highest BCUT2D eigenvalue weighted by Crippen LogP contribution is 2.25. The average Bonchev–Trinajstić information content (AvgIpc) is 2.81. The first-order chi connectivity index (χ1) is 16.0. The second-order valence-corrected chi connectivity index (χ2v) is 7.70. The van der Waals surface area contributed by atoms with Gasteiger partial charge >= 0.3 is 6.09 Å². The van der Waals surface area contributed by atoms with Gasteiger partial charge in [-0.15, -0.1) is 0 Å². The number of rotatable bonds is 6. The molecule has 0 bridgehead atoms. The summed E-state index contributed by atoms with van der Waals surface area (Å²) in [6, 6.07) is 11.5. The van der Waals surface area contributed by atoms with Crippen LogP contribution >= 0.6 is 0 Å². The van der Waals surface area contributed by atoms with Gasteiger partial charge < -0.3 is 24.8 Å². The maximum absolute atomic E-state index is 14.7.